The largest absolute Gasteiger partial charge is 0.349 e. The minimum Gasteiger partial charge on any atom is -0.349 e. The lowest BCUT2D eigenvalue weighted by atomic mass is 10.0. The van der Waals surface area contributed by atoms with Gasteiger partial charge in [0.15, 0.2) is 0 Å². The minimum atomic E-state index is -0.00260. The summed E-state index contributed by atoms with van der Waals surface area (Å²) in [5.41, 5.74) is 0.708. The van der Waals surface area contributed by atoms with Gasteiger partial charge in [0, 0.05) is 37.8 Å². The van der Waals surface area contributed by atoms with Gasteiger partial charge in [-0.3, -0.25) is 14.5 Å². The van der Waals surface area contributed by atoms with Crippen molar-refractivity contribution in [1.29, 1.82) is 0 Å². The highest BCUT2D eigenvalue weighted by atomic mass is 16.2. The van der Waals surface area contributed by atoms with Crippen LogP contribution in [0.2, 0.25) is 0 Å². The van der Waals surface area contributed by atoms with Gasteiger partial charge in [0.1, 0.15) is 0 Å². The minimum absolute atomic E-state index is 0.00260. The Labute approximate surface area is 137 Å². The Balaban J connectivity index is 1.41. The molecule has 2 aliphatic rings. The molecule has 2 amide bonds. The van der Waals surface area contributed by atoms with Crippen molar-refractivity contribution in [2.75, 3.05) is 32.7 Å². The molecule has 1 aromatic rings. The number of hydrogen-bond donors (Lipinski definition) is 1. The fourth-order valence-electron chi connectivity index (χ4n) is 3.35. The van der Waals surface area contributed by atoms with Gasteiger partial charge in [0.25, 0.3) is 5.91 Å². The fourth-order valence-corrected chi connectivity index (χ4v) is 3.35. The van der Waals surface area contributed by atoms with E-state index in [-0.39, 0.29) is 17.9 Å². The van der Waals surface area contributed by atoms with Crippen molar-refractivity contribution in [2.45, 2.75) is 31.7 Å². The zero-order valence-electron chi connectivity index (χ0n) is 13.5. The van der Waals surface area contributed by atoms with Crippen molar-refractivity contribution in [3.63, 3.8) is 0 Å². The number of nitrogens with one attached hydrogen (secondary N) is 1. The van der Waals surface area contributed by atoms with Crippen LogP contribution >= 0.6 is 0 Å². The van der Waals surface area contributed by atoms with Gasteiger partial charge in [-0.25, -0.2) is 0 Å². The van der Waals surface area contributed by atoms with Crippen molar-refractivity contribution in [2.24, 2.45) is 0 Å². The first-order valence-corrected chi connectivity index (χ1v) is 8.58. The van der Waals surface area contributed by atoms with E-state index < -0.39 is 0 Å². The molecule has 0 aliphatic carbocycles. The second-order valence-corrected chi connectivity index (χ2v) is 6.48. The van der Waals surface area contributed by atoms with Gasteiger partial charge in [-0.15, -0.1) is 0 Å². The maximum Gasteiger partial charge on any atom is 0.251 e. The Kier molecular flexibility index (Phi) is 5.28. The molecule has 124 valence electrons. The zero-order valence-corrected chi connectivity index (χ0v) is 13.5. The highest BCUT2D eigenvalue weighted by molar-refractivity contribution is 5.94. The van der Waals surface area contributed by atoms with E-state index in [0.717, 1.165) is 51.9 Å². The van der Waals surface area contributed by atoms with Crippen LogP contribution in [0.5, 0.6) is 0 Å². The third-order valence-electron chi connectivity index (χ3n) is 4.78. The smallest absolute Gasteiger partial charge is 0.251 e. The lowest BCUT2D eigenvalue weighted by Gasteiger charge is -2.32. The van der Waals surface area contributed by atoms with Gasteiger partial charge in [0.05, 0.1) is 6.54 Å². The van der Waals surface area contributed by atoms with Gasteiger partial charge in [-0.05, 0) is 37.8 Å². The van der Waals surface area contributed by atoms with Crippen molar-refractivity contribution in [1.82, 2.24) is 15.1 Å². The maximum atomic E-state index is 12.2. The van der Waals surface area contributed by atoms with E-state index in [2.05, 4.69) is 10.2 Å². The van der Waals surface area contributed by atoms with Crippen LogP contribution in [-0.2, 0) is 4.79 Å². The van der Waals surface area contributed by atoms with E-state index in [1.807, 2.05) is 35.2 Å². The zero-order chi connectivity index (χ0) is 16.1. The highest BCUT2D eigenvalue weighted by Crippen LogP contribution is 2.13. The monoisotopic (exact) mass is 315 g/mol. The van der Waals surface area contributed by atoms with Crippen LogP contribution in [0.4, 0.5) is 0 Å². The Bertz CT molecular complexity index is 532. The predicted octanol–water partition coefficient (Wildman–Crippen LogP) is 1.50. The average molecular weight is 315 g/mol. The summed E-state index contributed by atoms with van der Waals surface area (Å²) in [6.45, 7) is 4.11. The highest BCUT2D eigenvalue weighted by Gasteiger charge is 2.25. The van der Waals surface area contributed by atoms with Gasteiger partial charge >= 0.3 is 0 Å². The first-order valence-electron chi connectivity index (χ1n) is 8.58. The third-order valence-corrected chi connectivity index (χ3v) is 4.78. The number of carbonyl (C=O) groups is 2. The summed E-state index contributed by atoms with van der Waals surface area (Å²) in [5.74, 6) is 0.256. The molecule has 0 spiro atoms. The average Bonchev–Trinajstić information content (AvgIpc) is 3.12. The van der Waals surface area contributed by atoms with Crippen molar-refractivity contribution in [3.8, 4) is 0 Å². The lowest BCUT2D eigenvalue weighted by Crippen LogP contribution is -2.47. The summed E-state index contributed by atoms with van der Waals surface area (Å²) in [5, 5.41) is 3.10. The predicted molar refractivity (Wildman–Crippen MR) is 89.2 cm³/mol. The molecule has 0 unspecified atom stereocenters. The normalized spacial score (nSPS) is 19.7. The van der Waals surface area contributed by atoms with Crippen LogP contribution < -0.4 is 5.32 Å². The number of likely N-dealkylation sites (tertiary alicyclic amines) is 2. The van der Waals surface area contributed by atoms with E-state index in [0.29, 0.717) is 12.1 Å². The standard InChI is InChI=1S/C18H25N3O2/c22-17(21-10-4-5-11-21)14-20-12-8-16(9-13-20)19-18(23)15-6-2-1-3-7-15/h1-3,6-7,16H,4-5,8-14H2,(H,19,23). The van der Waals surface area contributed by atoms with Crippen molar-refractivity contribution < 1.29 is 9.59 Å². The van der Waals surface area contributed by atoms with Crippen LogP contribution in [0.3, 0.4) is 0 Å². The number of rotatable bonds is 4. The molecule has 0 saturated carbocycles. The molecule has 0 bridgehead atoms. The molecule has 2 aliphatic heterocycles. The fraction of sp³-hybridized carbons (Fsp3) is 0.556. The molecule has 23 heavy (non-hydrogen) atoms. The van der Waals surface area contributed by atoms with Gasteiger partial charge in [-0.2, -0.15) is 0 Å². The molecule has 5 heteroatoms. The maximum absolute atomic E-state index is 12.2. The number of nitrogens with zero attached hydrogens (tertiary/aromatic N) is 2. The summed E-state index contributed by atoms with van der Waals surface area (Å²) in [6, 6.07) is 9.54. The molecule has 2 saturated heterocycles. The van der Waals surface area contributed by atoms with Gasteiger partial charge < -0.3 is 10.2 Å². The molecule has 0 atom stereocenters. The lowest BCUT2D eigenvalue weighted by molar-refractivity contribution is -0.131. The van der Waals surface area contributed by atoms with E-state index in [9.17, 15) is 9.59 Å². The molecule has 1 aromatic carbocycles. The van der Waals surface area contributed by atoms with Crippen LogP contribution in [0.15, 0.2) is 30.3 Å². The van der Waals surface area contributed by atoms with Crippen LogP contribution in [-0.4, -0.2) is 60.4 Å². The molecule has 3 rings (SSSR count). The van der Waals surface area contributed by atoms with E-state index in [4.69, 9.17) is 0 Å². The Hall–Kier alpha value is -1.88. The number of benzene rings is 1. The number of amides is 2. The van der Waals surface area contributed by atoms with Crippen LogP contribution in [0.25, 0.3) is 0 Å². The van der Waals surface area contributed by atoms with Gasteiger partial charge in [0.2, 0.25) is 5.91 Å². The Morgan fingerprint density at radius 1 is 1.00 bits per heavy atom. The number of piperidine rings is 1. The summed E-state index contributed by atoms with van der Waals surface area (Å²) < 4.78 is 0. The summed E-state index contributed by atoms with van der Waals surface area (Å²) in [7, 11) is 0. The quantitative estimate of drug-likeness (QED) is 0.916. The van der Waals surface area contributed by atoms with E-state index >= 15 is 0 Å². The number of hydrogen-bond acceptors (Lipinski definition) is 3. The molecule has 0 radical (unpaired) electrons. The summed E-state index contributed by atoms with van der Waals surface area (Å²) in [4.78, 5) is 28.5. The first-order chi connectivity index (χ1) is 11.2. The molecular weight excluding hydrogens is 290 g/mol. The molecule has 1 N–H and O–H groups in total. The van der Waals surface area contributed by atoms with E-state index in [1.165, 1.54) is 0 Å². The van der Waals surface area contributed by atoms with Gasteiger partial charge in [-0.1, -0.05) is 18.2 Å². The summed E-state index contributed by atoms with van der Waals surface area (Å²) >= 11 is 0. The molecule has 2 fully saturated rings. The second-order valence-electron chi connectivity index (χ2n) is 6.48. The van der Waals surface area contributed by atoms with Crippen LogP contribution in [0, 0.1) is 0 Å². The first kappa shape index (κ1) is 16.0. The summed E-state index contributed by atoms with van der Waals surface area (Å²) in [6.07, 6.45) is 4.09. The second kappa shape index (κ2) is 7.59. The SMILES string of the molecule is O=C(NC1CCN(CC(=O)N2CCCC2)CC1)c1ccccc1. The molecule has 5 nitrogen and oxygen atoms in total. The number of carbonyl (C=O) groups excluding carboxylic acids is 2. The Morgan fingerprint density at radius 2 is 1.65 bits per heavy atom. The van der Waals surface area contributed by atoms with Crippen LogP contribution in [0.1, 0.15) is 36.0 Å². The molecular formula is C18H25N3O2. The van der Waals surface area contributed by atoms with Crippen molar-refractivity contribution in [3.05, 3.63) is 35.9 Å². The molecule has 2 heterocycles. The molecule has 0 aromatic heterocycles. The third kappa shape index (κ3) is 4.32. The van der Waals surface area contributed by atoms with Crippen molar-refractivity contribution >= 4 is 11.8 Å². The Morgan fingerprint density at radius 3 is 2.30 bits per heavy atom. The topological polar surface area (TPSA) is 52.7 Å². The van der Waals surface area contributed by atoms with E-state index in [1.54, 1.807) is 0 Å².